The molecule has 8 heteroatoms. The van der Waals surface area contributed by atoms with Crippen LogP contribution in [-0.2, 0) is 21.6 Å². The van der Waals surface area contributed by atoms with Crippen molar-refractivity contribution in [3.8, 4) is 0 Å². The molecule has 0 saturated carbocycles. The fourth-order valence-electron chi connectivity index (χ4n) is 3.59. The van der Waals surface area contributed by atoms with Crippen molar-refractivity contribution < 1.29 is 23.5 Å². The second kappa shape index (κ2) is 11.0. The highest BCUT2D eigenvalue weighted by Gasteiger charge is 2.39. The average Bonchev–Trinajstić information content (AvgIpc) is 2.79. The van der Waals surface area contributed by atoms with Gasteiger partial charge in [0.2, 0.25) is 0 Å². The molecule has 1 fully saturated rings. The number of piperidine rings is 1. The number of rotatable bonds is 7. The first-order valence-electron chi connectivity index (χ1n) is 10.2. The molecule has 166 valence electrons. The zero-order valence-corrected chi connectivity index (χ0v) is 17.9. The zero-order chi connectivity index (χ0) is 22.1. The number of ether oxygens (including phenoxy) is 2. The third-order valence-corrected chi connectivity index (χ3v) is 5.60. The Hall–Kier alpha value is -2.80. The SMILES string of the molecule is O=C(NC1(c2ccc(F)cc2)CCN(C(=O)OCc2ccccc2)CC1)OCCCCl. The molecule has 0 aromatic heterocycles. The van der Waals surface area contributed by atoms with Gasteiger partial charge in [0.1, 0.15) is 12.4 Å². The smallest absolute Gasteiger partial charge is 0.410 e. The monoisotopic (exact) mass is 448 g/mol. The molecule has 0 aliphatic carbocycles. The summed E-state index contributed by atoms with van der Waals surface area (Å²) in [5, 5.41) is 2.94. The predicted octanol–water partition coefficient (Wildman–Crippen LogP) is 4.81. The maximum atomic E-state index is 13.4. The summed E-state index contributed by atoms with van der Waals surface area (Å²) < 4.78 is 24.1. The van der Waals surface area contributed by atoms with Crippen LogP contribution in [0.15, 0.2) is 54.6 Å². The second-order valence-corrected chi connectivity index (χ2v) is 7.80. The van der Waals surface area contributed by atoms with Crippen molar-refractivity contribution in [3.05, 3.63) is 71.5 Å². The number of carbonyl (C=O) groups is 2. The molecule has 31 heavy (non-hydrogen) atoms. The summed E-state index contributed by atoms with van der Waals surface area (Å²) in [4.78, 5) is 26.5. The lowest BCUT2D eigenvalue weighted by molar-refractivity contribution is 0.0683. The van der Waals surface area contributed by atoms with Gasteiger partial charge in [-0.3, -0.25) is 0 Å². The van der Waals surface area contributed by atoms with Crippen LogP contribution in [0.1, 0.15) is 30.4 Å². The number of hydrogen-bond acceptors (Lipinski definition) is 4. The largest absolute Gasteiger partial charge is 0.450 e. The van der Waals surface area contributed by atoms with E-state index in [0.29, 0.717) is 38.2 Å². The Morgan fingerprint density at radius 1 is 1.03 bits per heavy atom. The maximum Gasteiger partial charge on any atom is 0.410 e. The molecule has 1 aliphatic heterocycles. The highest BCUT2D eigenvalue weighted by atomic mass is 35.5. The summed E-state index contributed by atoms with van der Waals surface area (Å²) in [6, 6.07) is 15.5. The summed E-state index contributed by atoms with van der Waals surface area (Å²) >= 11 is 5.63. The lowest BCUT2D eigenvalue weighted by Gasteiger charge is -2.42. The Morgan fingerprint density at radius 3 is 2.35 bits per heavy atom. The molecule has 0 bridgehead atoms. The second-order valence-electron chi connectivity index (χ2n) is 7.42. The van der Waals surface area contributed by atoms with Gasteiger partial charge in [-0.2, -0.15) is 0 Å². The number of carbonyl (C=O) groups excluding carboxylic acids is 2. The fraction of sp³-hybridized carbons (Fsp3) is 0.391. The van der Waals surface area contributed by atoms with E-state index in [1.54, 1.807) is 17.0 Å². The molecule has 0 radical (unpaired) electrons. The lowest BCUT2D eigenvalue weighted by Crippen LogP contribution is -2.54. The molecule has 1 aliphatic rings. The quantitative estimate of drug-likeness (QED) is 0.487. The first kappa shape index (κ1) is 22.9. The Kier molecular flexibility index (Phi) is 8.12. The number of halogens is 2. The molecule has 6 nitrogen and oxygen atoms in total. The molecule has 2 amide bonds. The van der Waals surface area contributed by atoms with Crippen LogP contribution in [0, 0.1) is 5.82 Å². The van der Waals surface area contributed by atoms with Crippen LogP contribution >= 0.6 is 11.6 Å². The number of amides is 2. The molecule has 0 spiro atoms. The zero-order valence-electron chi connectivity index (χ0n) is 17.2. The number of alkyl halides is 1. The predicted molar refractivity (Wildman–Crippen MR) is 115 cm³/mol. The highest BCUT2D eigenvalue weighted by molar-refractivity contribution is 6.17. The van der Waals surface area contributed by atoms with Gasteiger partial charge in [0, 0.05) is 19.0 Å². The van der Waals surface area contributed by atoms with Gasteiger partial charge in [-0.05, 0) is 42.5 Å². The minimum absolute atomic E-state index is 0.199. The number of alkyl carbamates (subject to hydrolysis) is 1. The molecule has 1 saturated heterocycles. The van der Waals surface area contributed by atoms with Crippen molar-refractivity contribution >= 4 is 23.8 Å². The van der Waals surface area contributed by atoms with Gasteiger partial charge in [0.25, 0.3) is 0 Å². The van der Waals surface area contributed by atoms with Gasteiger partial charge < -0.3 is 19.7 Å². The number of benzene rings is 2. The van der Waals surface area contributed by atoms with Gasteiger partial charge in [-0.1, -0.05) is 42.5 Å². The van der Waals surface area contributed by atoms with E-state index in [9.17, 15) is 14.0 Å². The normalized spacial score (nSPS) is 15.2. The summed E-state index contributed by atoms with van der Waals surface area (Å²) in [5.41, 5.74) is 0.914. The van der Waals surface area contributed by atoms with Crippen LogP contribution < -0.4 is 5.32 Å². The number of nitrogens with zero attached hydrogens (tertiary/aromatic N) is 1. The molecular weight excluding hydrogens is 423 g/mol. The molecular formula is C23H26ClFN2O4. The molecule has 1 heterocycles. The molecule has 2 aromatic carbocycles. The fourth-order valence-corrected chi connectivity index (χ4v) is 3.70. The summed E-state index contributed by atoms with van der Waals surface area (Å²) in [7, 11) is 0. The first-order valence-corrected chi connectivity index (χ1v) is 10.8. The standard InChI is InChI=1S/C23H26ClFN2O4/c24-13-4-16-30-21(28)26-23(19-7-9-20(25)10-8-19)11-14-27(15-12-23)22(29)31-17-18-5-2-1-3-6-18/h1-3,5-10H,4,11-17H2,(H,26,28). The van der Waals surface area contributed by atoms with Crippen LogP contribution in [0.2, 0.25) is 0 Å². The molecule has 3 rings (SSSR count). The average molecular weight is 449 g/mol. The Labute approximate surface area is 186 Å². The maximum absolute atomic E-state index is 13.4. The number of nitrogens with one attached hydrogen (secondary N) is 1. The van der Waals surface area contributed by atoms with E-state index >= 15 is 0 Å². The van der Waals surface area contributed by atoms with Crippen LogP contribution in [-0.4, -0.2) is 42.7 Å². The summed E-state index contributed by atoms with van der Waals surface area (Å²) in [6.07, 6.45) is 0.489. The van der Waals surface area contributed by atoms with E-state index < -0.39 is 17.7 Å². The molecule has 0 unspecified atom stereocenters. The van der Waals surface area contributed by atoms with Crippen molar-refractivity contribution in [2.24, 2.45) is 0 Å². The third kappa shape index (κ3) is 6.34. The van der Waals surface area contributed by atoms with Gasteiger partial charge in [-0.25, -0.2) is 14.0 Å². The van der Waals surface area contributed by atoms with Crippen molar-refractivity contribution in [3.63, 3.8) is 0 Å². The van der Waals surface area contributed by atoms with E-state index in [2.05, 4.69) is 5.32 Å². The van der Waals surface area contributed by atoms with Crippen LogP contribution in [0.4, 0.5) is 14.0 Å². The van der Waals surface area contributed by atoms with Gasteiger partial charge in [0.05, 0.1) is 12.1 Å². The number of likely N-dealkylation sites (tertiary alicyclic amines) is 1. The van der Waals surface area contributed by atoms with Gasteiger partial charge in [-0.15, -0.1) is 11.6 Å². The van der Waals surface area contributed by atoms with Crippen molar-refractivity contribution in [2.45, 2.75) is 31.4 Å². The van der Waals surface area contributed by atoms with E-state index in [4.69, 9.17) is 21.1 Å². The first-order chi connectivity index (χ1) is 15.0. The van der Waals surface area contributed by atoms with Crippen LogP contribution in [0.3, 0.4) is 0 Å². The van der Waals surface area contributed by atoms with Gasteiger partial charge in [0.15, 0.2) is 0 Å². The summed E-state index contributed by atoms with van der Waals surface area (Å²) in [6.45, 7) is 1.18. The molecule has 2 aromatic rings. The van der Waals surface area contributed by atoms with E-state index in [-0.39, 0.29) is 19.0 Å². The summed E-state index contributed by atoms with van der Waals surface area (Å²) in [5.74, 6) is 0.0432. The van der Waals surface area contributed by atoms with Crippen molar-refractivity contribution in [2.75, 3.05) is 25.6 Å². The van der Waals surface area contributed by atoms with Crippen LogP contribution in [0.5, 0.6) is 0 Å². The van der Waals surface area contributed by atoms with Crippen molar-refractivity contribution in [1.82, 2.24) is 10.2 Å². The highest BCUT2D eigenvalue weighted by Crippen LogP contribution is 2.33. The Balaban J connectivity index is 1.63. The van der Waals surface area contributed by atoms with E-state index in [1.807, 2.05) is 30.3 Å². The van der Waals surface area contributed by atoms with E-state index in [1.165, 1.54) is 12.1 Å². The van der Waals surface area contributed by atoms with Crippen molar-refractivity contribution in [1.29, 1.82) is 0 Å². The Bertz CT molecular complexity index is 856. The number of hydrogen-bond donors (Lipinski definition) is 1. The topological polar surface area (TPSA) is 67.9 Å². The molecule has 0 atom stereocenters. The lowest BCUT2D eigenvalue weighted by atomic mass is 9.81. The minimum atomic E-state index is -0.762. The third-order valence-electron chi connectivity index (χ3n) is 5.33. The van der Waals surface area contributed by atoms with Gasteiger partial charge >= 0.3 is 12.2 Å². The molecule has 1 N–H and O–H groups in total. The van der Waals surface area contributed by atoms with E-state index in [0.717, 1.165) is 11.1 Å². The Morgan fingerprint density at radius 2 is 1.71 bits per heavy atom. The minimum Gasteiger partial charge on any atom is -0.450 e. The van der Waals surface area contributed by atoms with Crippen LogP contribution in [0.25, 0.3) is 0 Å².